The van der Waals surface area contributed by atoms with Crippen molar-refractivity contribution in [3.8, 4) is 0 Å². The summed E-state index contributed by atoms with van der Waals surface area (Å²) < 4.78 is 5.15. The van der Waals surface area contributed by atoms with Crippen LogP contribution >= 0.6 is 0 Å². The Hall–Kier alpha value is -1.69. The maximum Gasteiger partial charge on any atom is 0.311 e. The fraction of sp³-hybridized carbons (Fsp3) is 0.500. The van der Waals surface area contributed by atoms with Crippen LogP contribution in [0.5, 0.6) is 0 Å². The number of nitrogens with zero attached hydrogens (tertiary/aromatic N) is 2. The Bertz CT molecular complexity index is 344. The van der Waals surface area contributed by atoms with Crippen LogP contribution in [0.25, 0.3) is 0 Å². The molecule has 0 amide bonds. The average Bonchev–Trinajstić information content (AvgIpc) is 2.29. The first-order chi connectivity index (χ1) is 7.75. The van der Waals surface area contributed by atoms with Crippen LogP contribution in [0.3, 0.4) is 0 Å². The van der Waals surface area contributed by atoms with Crippen LogP contribution in [0.1, 0.15) is 13.3 Å². The second-order valence-electron chi connectivity index (χ2n) is 3.11. The summed E-state index contributed by atoms with van der Waals surface area (Å²) in [6.07, 6.45) is 2.32. The summed E-state index contributed by atoms with van der Waals surface area (Å²) in [5.74, 6) is 0.309. The maximum absolute atomic E-state index is 10.7. The number of anilines is 1. The van der Waals surface area contributed by atoms with E-state index in [1.54, 1.807) is 6.07 Å². The predicted molar refractivity (Wildman–Crippen MR) is 60.5 cm³/mol. The number of rotatable bonds is 7. The van der Waals surface area contributed by atoms with E-state index in [1.807, 2.05) is 6.92 Å². The third-order valence-corrected chi connectivity index (χ3v) is 1.95. The highest BCUT2D eigenvalue weighted by atomic mass is 16.6. The molecule has 1 N–H and O–H groups in total. The van der Waals surface area contributed by atoms with Gasteiger partial charge in [0.25, 0.3) is 0 Å². The Morgan fingerprint density at radius 3 is 3.12 bits per heavy atom. The molecule has 0 unspecified atom stereocenters. The van der Waals surface area contributed by atoms with Crippen LogP contribution in [-0.2, 0) is 4.74 Å². The van der Waals surface area contributed by atoms with Crippen LogP contribution in [0.4, 0.5) is 11.5 Å². The van der Waals surface area contributed by atoms with E-state index < -0.39 is 4.92 Å². The summed E-state index contributed by atoms with van der Waals surface area (Å²) in [5.41, 5.74) is -0.00101. The van der Waals surface area contributed by atoms with Crippen molar-refractivity contribution in [3.05, 3.63) is 28.4 Å². The highest BCUT2D eigenvalue weighted by molar-refractivity contribution is 5.54. The lowest BCUT2D eigenvalue weighted by Crippen LogP contribution is -2.08. The van der Waals surface area contributed by atoms with E-state index in [1.165, 1.54) is 12.3 Å². The molecule has 0 bridgehead atoms. The van der Waals surface area contributed by atoms with Gasteiger partial charge in [-0.15, -0.1) is 0 Å². The van der Waals surface area contributed by atoms with Crippen LogP contribution in [-0.4, -0.2) is 29.7 Å². The molecule has 0 fully saturated rings. The van der Waals surface area contributed by atoms with Gasteiger partial charge in [-0.3, -0.25) is 10.1 Å². The molecule has 16 heavy (non-hydrogen) atoms. The first-order valence-corrected chi connectivity index (χ1v) is 5.16. The Morgan fingerprint density at radius 1 is 1.62 bits per heavy atom. The quantitative estimate of drug-likeness (QED) is 0.435. The SMILES string of the molecule is CCOCCCNc1ncccc1[N+](=O)[O-]. The van der Waals surface area contributed by atoms with Gasteiger partial charge in [-0.2, -0.15) is 0 Å². The van der Waals surface area contributed by atoms with Crippen molar-refractivity contribution in [2.24, 2.45) is 0 Å². The standard InChI is InChI=1S/C10H15N3O3/c1-2-16-8-4-7-12-10-9(13(14)15)5-3-6-11-10/h3,5-6H,2,4,7-8H2,1H3,(H,11,12). The van der Waals surface area contributed by atoms with Gasteiger partial charge in [-0.1, -0.05) is 0 Å². The monoisotopic (exact) mass is 225 g/mol. The third kappa shape index (κ3) is 3.82. The largest absolute Gasteiger partial charge is 0.382 e. The average molecular weight is 225 g/mol. The van der Waals surface area contributed by atoms with Gasteiger partial charge in [0.1, 0.15) is 0 Å². The minimum Gasteiger partial charge on any atom is -0.382 e. The molecule has 1 heterocycles. The molecule has 1 aromatic heterocycles. The smallest absolute Gasteiger partial charge is 0.311 e. The highest BCUT2D eigenvalue weighted by Gasteiger charge is 2.12. The van der Waals surface area contributed by atoms with Crippen molar-refractivity contribution >= 4 is 11.5 Å². The zero-order valence-corrected chi connectivity index (χ0v) is 9.18. The van der Waals surface area contributed by atoms with Crippen molar-refractivity contribution in [2.45, 2.75) is 13.3 Å². The molecule has 0 radical (unpaired) electrons. The van der Waals surface area contributed by atoms with Gasteiger partial charge < -0.3 is 10.1 Å². The number of hydrogen-bond donors (Lipinski definition) is 1. The van der Waals surface area contributed by atoms with E-state index in [9.17, 15) is 10.1 Å². The van der Waals surface area contributed by atoms with Crippen molar-refractivity contribution in [1.29, 1.82) is 0 Å². The van der Waals surface area contributed by atoms with Crippen LogP contribution < -0.4 is 5.32 Å². The number of hydrogen-bond acceptors (Lipinski definition) is 5. The Morgan fingerprint density at radius 2 is 2.44 bits per heavy atom. The molecular weight excluding hydrogens is 210 g/mol. The lowest BCUT2D eigenvalue weighted by molar-refractivity contribution is -0.384. The first-order valence-electron chi connectivity index (χ1n) is 5.16. The van der Waals surface area contributed by atoms with Crippen LogP contribution in [0.15, 0.2) is 18.3 Å². The Labute approximate surface area is 93.8 Å². The number of nitro groups is 1. The molecule has 0 aliphatic carbocycles. The molecule has 6 nitrogen and oxygen atoms in total. The predicted octanol–water partition coefficient (Wildman–Crippen LogP) is 1.83. The van der Waals surface area contributed by atoms with E-state index in [-0.39, 0.29) is 5.69 Å². The zero-order chi connectivity index (χ0) is 11.8. The van der Waals surface area contributed by atoms with Crippen molar-refractivity contribution < 1.29 is 9.66 Å². The lowest BCUT2D eigenvalue weighted by Gasteiger charge is -2.05. The topological polar surface area (TPSA) is 77.3 Å². The maximum atomic E-state index is 10.7. The molecule has 1 aromatic rings. The molecule has 0 atom stereocenters. The minimum absolute atomic E-state index is 0.00101. The van der Waals surface area contributed by atoms with E-state index in [0.717, 1.165) is 6.42 Å². The van der Waals surface area contributed by atoms with E-state index >= 15 is 0 Å². The highest BCUT2D eigenvalue weighted by Crippen LogP contribution is 2.19. The molecule has 0 aliphatic heterocycles. The summed E-state index contributed by atoms with van der Waals surface area (Å²) in [6, 6.07) is 2.97. The summed E-state index contributed by atoms with van der Waals surface area (Å²) in [5, 5.41) is 13.6. The Balaban J connectivity index is 2.44. The minimum atomic E-state index is -0.447. The van der Waals surface area contributed by atoms with Gasteiger partial charge in [0.15, 0.2) is 0 Å². The lowest BCUT2D eigenvalue weighted by atomic mass is 10.3. The van der Waals surface area contributed by atoms with E-state index in [0.29, 0.717) is 25.6 Å². The molecule has 0 aromatic carbocycles. The van der Waals surface area contributed by atoms with Gasteiger partial charge in [0.2, 0.25) is 5.82 Å². The second kappa shape index (κ2) is 6.73. The van der Waals surface area contributed by atoms with Gasteiger partial charge in [0.05, 0.1) is 4.92 Å². The van der Waals surface area contributed by atoms with Gasteiger partial charge in [-0.25, -0.2) is 4.98 Å². The van der Waals surface area contributed by atoms with Crippen molar-refractivity contribution in [3.63, 3.8) is 0 Å². The third-order valence-electron chi connectivity index (χ3n) is 1.95. The molecule has 1 rings (SSSR count). The molecule has 0 spiro atoms. The normalized spacial score (nSPS) is 10.1. The number of pyridine rings is 1. The molecule has 0 saturated carbocycles. The number of aromatic nitrogens is 1. The second-order valence-corrected chi connectivity index (χ2v) is 3.11. The van der Waals surface area contributed by atoms with Gasteiger partial charge in [-0.05, 0) is 19.4 Å². The van der Waals surface area contributed by atoms with E-state index in [2.05, 4.69) is 10.3 Å². The number of nitrogens with one attached hydrogen (secondary N) is 1. The van der Waals surface area contributed by atoms with Crippen molar-refractivity contribution in [1.82, 2.24) is 4.98 Å². The van der Waals surface area contributed by atoms with Crippen molar-refractivity contribution in [2.75, 3.05) is 25.1 Å². The Kier molecular flexibility index (Phi) is 5.21. The summed E-state index contributed by atoms with van der Waals surface area (Å²) in [6.45, 7) is 3.86. The summed E-state index contributed by atoms with van der Waals surface area (Å²) in [4.78, 5) is 14.1. The number of ether oxygens (including phenoxy) is 1. The van der Waals surface area contributed by atoms with Crippen LogP contribution in [0, 0.1) is 10.1 Å². The van der Waals surface area contributed by atoms with Gasteiger partial charge >= 0.3 is 5.69 Å². The molecule has 0 aliphatic rings. The summed E-state index contributed by atoms with van der Waals surface area (Å²) in [7, 11) is 0. The molecule has 0 saturated heterocycles. The molecule has 88 valence electrons. The fourth-order valence-corrected chi connectivity index (χ4v) is 1.21. The van der Waals surface area contributed by atoms with Crippen LogP contribution in [0.2, 0.25) is 0 Å². The first kappa shape index (κ1) is 12.4. The van der Waals surface area contributed by atoms with Gasteiger partial charge in [0, 0.05) is 32.0 Å². The fourth-order valence-electron chi connectivity index (χ4n) is 1.21. The molecule has 6 heteroatoms. The summed E-state index contributed by atoms with van der Waals surface area (Å²) >= 11 is 0. The van der Waals surface area contributed by atoms with E-state index in [4.69, 9.17) is 4.74 Å². The molecular formula is C10H15N3O3. The zero-order valence-electron chi connectivity index (χ0n) is 9.18.